The van der Waals surface area contributed by atoms with Crippen LogP contribution < -0.4 is 4.90 Å². The molecule has 0 spiro atoms. The van der Waals surface area contributed by atoms with Crippen molar-refractivity contribution in [1.82, 2.24) is 39.2 Å². The van der Waals surface area contributed by atoms with Crippen LogP contribution in [-0.2, 0) is 13.6 Å². The van der Waals surface area contributed by atoms with Crippen LogP contribution in [-0.4, -0.2) is 65.4 Å². The number of aryl methyl sites for hydroxylation is 1. The zero-order valence-corrected chi connectivity index (χ0v) is 19.9. The third-order valence-corrected chi connectivity index (χ3v) is 6.53. The van der Waals surface area contributed by atoms with E-state index in [9.17, 15) is 5.26 Å². The van der Waals surface area contributed by atoms with E-state index >= 15 is 0 Å². The lowest BCUT2D eigenvalue weighted by Crippen LogP contribution is -2.46. The molecule has 6 rings (SSSR count). The number of pyridine rings is 2. The molecule has 5 aromatic heterocycles. The smallest absolute Gasteiger partial charge is 0.128 e. The van der Waals surface area contributed by atoms with Gasteiger partial charge in [0.05, 0.1) is 29.2 Å². The van der Waals surface area contributed by atoms with E-state index in [2.05, 4.69) is 54.2 Å². The zero-order valence-electron chi connectivity index (χ0n) is 19.9. The predicted octanol–water partition coefficient (Wildman–Crippen LogP) is 2.78. The van der Waals surface area contributed by atoms with Crippen LogP contribution in [0.5, 0.6) is 0 Å². The number of fused-ring (bicyclic) bond motifs is 1. The fourth-order valence-electron chi connectivity index (χ4n) is 4.66. The van der Waals surface area contributed by atoms with Gasteiger partial charge in [0.15, 0.2) is 0 Å². The highest BCUT2D eigenvalue weighted by Gasteiger charge is 2.19. The van der Waals surface area contributed by atoms with Crippen molar-refractivity contribution in [2.24, 2.45) is 7.05 Å². The van der Waals surface area contributed by atoms with E-state index < -0.39 is 0 Å². The first-order chi connectivity index (χ1) is 17.7. The zero-order chi connectivity index (χ0) is 24.5. The van der Waals surface area contributed by atoms with Crippen molar-refractivity contribution in [2.45, 2.75) is 6.54 Å². The first-order valence-electron chi connectivity index (χ1n) is 11.8. The average Bonchev–Trinajstić information content (AvgIpc) is 3.55. The van der Waals surface area contributed by atoms with Gasteiger partial charge in [-0.15, -0.1) is 0 Å². The summed E-state index contributed by atoms with van der Waals surface area (Å²) >= 11 is 0. The van der Waals surface area contributed by atoms with Crippen LogP contribution in [0.1, 0.15) is 11.3 Å². The largest absolute Gasteiger partial charge is 0.354 e. The number of hydrogen-bond donors (Lipinski definition) is 0. The fraction of sp³-hybridized carbons (Fsp3) is 0.231. The van der Waals surface area contributed by atoms with Gasteiger partial charge in [-0.05, 0) is 18.2 Å². The van der Waals surface area contributed by atoms with Crippen molar-refractivity contribution in [2.75, 3.05) is 31.1 Å². The van der Waals surface area contributed by atoms with Crippen LogP contribution in [0.3, 0.4) is 0 Å². The van der Waals surface area contributed by atoms with Gasteiger partial charge in [0.2, 0.25) is 0 Å². The molecule has 1 fully saturated rings. The van der Waals surface area contributed by atoms with Gasteiger partial charge in [0, 0.05) is 99.2 Å². The van der Waals surface area contributed by atoms with Crippen LogP contribution >= 0.6 is 0 Å². The number of anilines is 1. The van der Waals surface area contributed by atoms with Crippen molar-refractivity contribution < 1.29 is 0 Å². The highest BCUT2D eigenvalue weighted by molar-refractivity contribution is 5.87. The third-order valence-electron chi connectivity index (χ3n) is 6.53. The average molecular weight is 477 g/mol. The van der Waals surface area contributed by atoms with Gasteiger partial charge in [0.1, 0.15) is 11.9 Å². The molecule has 0 saturated carbocycles. The summed E-state index contributed by atoms with van der Waals surface area (Å²) in [7, 11) is 1.89. The Kier molecular flexibility index (Phi) is 5.59. The maximum Gasteiger partial charge on any atom is 0.128 e. The van der Waals surface area contributed by atoms with Gasteiger partial charge in [-0.2, -0.15) is 15.5 Å². The molecular weight excluding hydrogens is 452 g/mol. The molecule has 10 heteroatoms. The molecule has 10 nitrogen and oxygen atoms in total. The minimum absolute atomic E-state index is 0.533. The van der Waals surface area contributed by atoms with Gasteiger partial charge < -0.3 is 4.90 Å². The number of rotatable bonds is 5. The summed E-state index contributed by atoms with van der Waals surface area (Å²) in [6.45, 7) is 4.48. The van der Waals surface area contributed by atoms with Crippen LogP contribution in [0.2, 0.25) is 0 Å². The number of aromatic nitrogens is 7. The Hall–Kier alpha value is -4.62. The summed E-state index contributed by atoms with van der Waals surface area (Å²) in [5.74, 6) is 0.950. The van der Waals surface area contributed by atoms with Crippen LogP contribution in [0, 0.1) is 11.3 Å². The summed E-state index contributed by atoms with van der Waals surface area (Å²) in [6, 6.07) is 8.48. The highest BCUT2D eigenvalue weighted by atomic mass is 15.3. The second-order valence-electron chi connectivity index (χ2n) is 8.87. The van der Waals surface area contributed by atoms with E-state index in [1.54, 1.807) is 27.8 Å². The summed E-state index contributed by atoms with van der Waals surface area (Å²) in [5.41, 5.74) is 6.11. The molecule has 5 aromatic rings. The molecule has 1 aliphatic heterocycles. The lowest BCUT2D eigenvalue weighted by molar-refractivity contribution is 0.246. The molecule has 6 heterocycles. The van der Waals surface area contributed by atoms with Crippen molar-refractivity contribution in [3.8, 4) is 28.3 Å². The molecule has 1 saturated heterocycles. The van der Waals surface area contributed by atoms with Crippen molar-refractivity contribution in [1.29, 1.82) is 5.26 Å². The Labute approximate surface area is 208 Å². The molecule has 1 aliphatic rings. The van der Waals surface area contributed by atoms with Crippen molar-refractivity contribution in [3.63, 3.8) is 0 Å². The van der Waals surface area contributed by atoms with E-state index in [1.807, 2.05) is 38.0 Å². The topological polar surface area (TPSA) is 104 Å². The van der Waals surface area contributed by atoms with Crippen molar-refractivity contribution in [3.05, 3.63) is 79.0 Å². The normalized spacial score (nSPS) is 14.3. The first kappa shape index (κ1) is 21.9. The second-order valence-corrected chi connectivity index (χ2v) is 8.87. The maximum absolute atomic E-state index is 9.66. The quantitative estimate of drug-likeness (QED) is 0.381. The number of hydrogen-bond acceptors (Lipinski definition) is 8. The van der Waals surface area contributed by atoms with E-state index in [-0.39, 0.29) is 0 Å². The summed E-state index contributed by atoms with van der Waals surface area (Å²) in [5, 5.41) is 18.4. The molecule has 0 amide bonds. The SMILES string of the molecule is Cn1cc(-c2cc(-c3ccc(N4CCN(Cc5cnccn5)CC4)nc3)c3c(C#N)cnn3c2)cn1. The van der Waals surface area contributed by atoms with Crippen LogP contribution in [0.15, 0.2) is 67.8 Å². The lowest BCUT2D eigenvalue weighted by Gasteiger charge is -2.35. The van der Waals surface area contributed by atoms with Gasteiger partial charge >= 0.3 is 0 Å². The molecule has 0 aromatic carbocycles. The minimum Gasteiger partial charge on any atom is -0.354 e. The number of nitriles is 1. The number of piperazine rings is 1. The lowest BCUT2D eigenvalue weighted by atomic mass is 10.0. The third kappa shape index (κ3) is 4.16. The monoisotopic (exact) mass is 476 g/mol. The second kappa shape index (κ2) is 9.20. The van der Waals surface area contributed by atoms with E-state index in [4.69, 9.17) is 4.98 Å². The minimum atomic E-state index is 0.533. The first-order valence-corrected chi connectivity index (χ1v) is 11.8. The Morgan fingerprint density at radius 2 is 1.78 bits per heavy atom. The Morgan fingerprint density at radius 1 is 0.889 bits per heavy atom. The fourth-order valence-corrected chi connectivity index (χ4v) is 4.66. The molecule has 0 radical (unpaired) electrons. The van der Waals surface area contributed by atoms with E-state index in [0.717, 1.165) is 72.0 Å². The van der Waals surface area contributed by atoms with E-state index in [0.29, 0.717) is 5.56 Å². The van der Waals surface area contributed by atoms with Crippen molar-refractivity contribution >= 4 is 11.3 Å². The molecule has 36 heavy (non-hydrogen) atoms. The van der Waals surface area contributed by atoms with Crippen LogP contribution in [0.4, 0.5) is 5.82 Å². The van der Waals surface area contributed by atoms with E-state index in [1.165, 1.54) is 0 Å². The maximum atomic E-state index is 9.66. The Balaban J connectivity index is 1.25. The predicted molar refractivity (Wildman–Crippen MR) is 135 cm³/mol. The van der Waals surface area contributed by atoms with Gasteiger partial charge in [-0.1, -0.05) is 0 Å². The van der Waals surface area contributed by atoms with Crippen LogP contribution in [0.25, 0.3) is 27.8 Å². The molecule has 0 unspecified atom stereocenters. The molecule has 178 valence electrons. The molecule has 0 aliphatic carbocycles. The Morgan fingerprint density at radius 3 is 2.47 bits per heavy atom. The summed E-state index contributed by atoms with van der Waals surface area (Å²) in [6.07, 6.45) is 14.5. The number of nitrogens with zero attached hydrogens (tertiary/aromatic N) is 10. The Bertz CT molecular complexity index is 1540. The summed E-state index contributed by atoms with van der Waals surface area (Å²) in [4.78, 5) is 18.0. The molecule has 0 N–H and O–H groups in total. The molecular formula is C26H24N10. The highest BCUT2D eigenvalue weighted by Crippen LogP contribution is 2.32. The van der Waals surface area contributed by atoms with Gasteiger partial charge in [0.25, 0.3) is 0 Å². The van der Waals surface area contributed by atoms with Gasteiger partial charge in [-0.25, -0.2) is 9.50 Å². The molecule has 0 bridgehead atoms. The standard InChI is InChI=1S/C26H24N10/c1-33-16-22(14-31-33)20-10-24(26-21(11-27)13-32-36(26)17-20)19-2-3-25(30-12-19)35-8-6-34(7-9-35)18-23-15-28-4-5-29-23/h2-5,10,12-17H,6-9,18H2,1H3. The molecule has 0 atom stereocenters. The van der Waals surface area contributed by atoms with Gasteiger partial charge in [-0.3, -0.25) is 19.5 Å². The summed E-state index contributed by atoms with van der Waals surface area (Å²) < 4.78 is 3.53.